The lowest BCUT2D eigenvalue weighted by Gasteiger charge is -2.40. The number of nitrogens with zero attached hydrogens (tertiary/aromatic N) is 2. The molecule has 18 heavy (non-hydrogen) atoms. The molecule has 2 fully saturated rings. The maximum absolute atomic E-state index is 5.71. The standard InChI is InChI=1S/C14H29N3O/c1-12-11-18-14(9-15)10-17(12)8-6-13-5-3-4-7-16(13)2/h12-14H,3-11,15H2,1-2H3. The van der Waals surface area contributed by atoms with Crippen LogP contribution in [0.25, 0.3) is 0 Å². The Hall–Kier alpha value is -0.160. The van der Waals surface area contributed by atoms with Crippen LogP contribution < -0.4 is 5.73 Å². The van der Waals surface area contributed by atoms with Crippen LogP contribution in [-0.4, -0.2) is 67.8 Å². The highest BCUT2D eigenvalue weighted by atomic mass is 16.5. The Kier molecular flexibility index (Phi) is 5.42. The van der Waals surface area contributed by atoms with Gasteiger partial charge in [0.1, 0.15) is 0 Å². The molecule has 4 heteroatoms. The van der Waals surface area contributed by atoms with E-state index in [1.165, 1.54) is 38.8 Å². The topological polar surface area (TPSA) is 41.7 Å². The molecule has 2 aliphatic rings. The summed E-state index contributed by atoms with van der Waals surface area (Å²) >= 11 is 0. The van der Waals surface area contributed by atoms with Gasteiger partial charge in [-0.2, -0.15) is 0 Å². The summed E-state index contributed by atoms with van der Waals surface area (Å²) in [6, 6.07) is 1.33. The first-order chi connectivity index (χ1) is 8.70. The summed E-state index contributed by atoms with van der Waals surface area (Å²) < 4.78 is 5.71. The van der Waals surface area contributed by atoms with E-state index in [0.717, 1.165) is 19.2 Å². The maximum atomic E-state index is 5.71. The Balaban J connectivity index is 1.77. The quantitative estimate of drug-likeness (QED) is 0.811. The Morgan fingerprint density at radius 1 is 1.33 bits per heavy atom. The van der Waals surface area contributed by atoms with E-state index in [1.54, 1.807) is 0 Å². The van der Waals surface area contributed by atoms with Crippen molar-refractivity contribution >= 4 is 0 Å². The molecule has 0 bridgehead atoms. The van der Waals surface area contributed by atoms with Crippen LogP contribution in [-0.2, 0) is 4.74 Å². The summed E-state index contributed by atoms with van der Waals surface area (Å²) in [7, 11) is 2.27. The smallest absolute Gasteiger partial charge is 0.0824 e. The molecule has 2 rings (SSSR count). The van der Waals surface area contributed by atoms with Gasteiger partial charge in [0.2, 0.25) is 0 Å². The van der Waals surface area contributed by atoms with Gasteiger partial charge in [0.25, 0.3) is 0 Å². The van der Waals surface area contributed by atoms with Crippen molar-refractivity contribution in [2.24, 2.45) is 5.73 Å². The van der Waals surface area contributed by atoms with Crippen molar-refractivity contribution in [3.8, 4) is 0 Å². The second-order valence-corrected chi connectivity index (χ2v) is 5.95. The minimum Gasteiger partial charge on any atom is -0.374 e. The lowest BCUT2D eigenvalue weighted by atomic mass is 9.99. The maximum Gasteiger partial charge on any atom is 0.0824 e. The molecule has 2 saturated heterocycles. The molecule has 0 aromatic heterocycles. The molecule has 4 nitrogen and oxygen atoms in total. The van der Waals surface area contributed by atoms with Gasteiger partial charge in [-0.3, -0.25) is 4.90 Å². The van der Waals surface area contributed by atoms with Crippen LogP contribution in [0.4, 0.5) is 0 Å². The van der Waals surface area contributed by atoms with E-state index >= 15 is 0 Å². The minimum absolute atomic E-state index is 0.241. The molecule has 0 amide bonds. The molecule has 2 aliphatic heterocycles. The Bertz CT molecular complexity index is 249. The molecule has 0 spiro atoms. The van der Waals surface area contributed by atoms with Gasteiger partial charge in [0, 0.05) is 31.7 Å². The molecule has 3 atom stereocenters. The second kappa shape index (κ2) is 6.85. The van der Waals surface area contributed by atoms with E-state index in [1.807, 2.05) is 0 Å². The molecule has 0 aromatic rings. The van der Waals surface area contributed by atoms with Gasteiger partial charge >= 0.3 is 0 Å². The highest BCUT2D eigenvalue weighted by molar-refractivity contribution is 4.81. The molecule has 0 saturated carbocycles. The fourth-order valence-electron chi connectivity index (χ4n) is 3.15. The highest BCUT2D eigenvalue weighted by Crippen LogP contribution is 2.19. The van der Waals surface area contributed by atoms with Gasteiger partial charge in [-0.1, -0.05) is 6.42 Å². The molecule has 2 heterocycles. The molecule has 0 aliphatic carbocycles. The fourth-order valence-corrected chi connectivity index (χ4v) is 3.15. The van der Waals surface area contributed by atoms with Gasteiger partial charge < -0.3 is 15.4 Å². The van der Waals surface area contributed by atoms with E-state index in [0.29, 0.717) is 12.6 Å². The van der Waals surface area contributed by atoms with E-state index in [4.69, 9.17) is 10.5 Å². The number of likely N-dealkylation sites (tertiary alicyclic amines) is 1. The fraction of sp³-hybridized carbons (Fsp3) is 1.00. The zero-order valence-corrected chi connectivity index (χ0v) is 12.0. The van der Waals surface area contributed by atoms with Crippen LogP contribution in [0.15, 0.2) is 0 Å². The van der Waals surface area contributed by atoms with Crippen LogP contribution in [0.1, 0.15) is 32.6 Å². The summed E-state index contributed by atoms with van der Waals surface area (Å²) in [5.74, 6) is 0. The number of ether oxygens (including phenoxy) is 1. The van der Waals surface area contributed by atoms with E-state index in [2.05, 4.69) is 23.8 Å². The van der Waals surface area contributed by atoms with Crippen LogP contribution in [0.2, 0.25) is 0 Å². The SMILES string of the molecule is CC1COC(CN)CN1CCC1CCCCN1C. The van der Waals surface area contributed by atoms with Crippen molar-refractivity contribution < 1.29 is 4.74 Å². The number of morpholine rings is 1. The van der Waals surface area contributed by atoms with Crippen LogP contribution in [0.5, 0.6) is 0 Å². The first-order valence-corrected chi connectivity index (χ1v) is 7.46. The van der Waals surface area contributed by atoms with Crippen molar-refractivity contribution in [1.82, 2.24) is 9.80 Å². The number of hydrogen-bond acceptors (Lipinski definition) is 4. The normalized spacial score (nSPS) is 35.8. The lowest BCUT2D eigenvalue weighted by molar-refractivity contribution is -0.0557. The zero-order chi connectivity index (χ0) is 13.0. The summed E-state index contributed by atoms with van der Waals surface area (Å²) in [6.07, 6.45) is 5.67. The number of nitrogens with two attached hydrogens (primary N) is 1. The predicted molar refractivity (Wildman–Crippen MR) is 74.7 cm³/mol. The first kappa shape index (κ1) is 14.3. The third-order valence-electron chi connectivity index (χ3n) is 4.57. The number of piperidine rings is 1. The van der Waals surface area contributed by atoms with Crippen LogP contribution in [0.3, 0.4) is 0 Å². The zero-order valence-electron chi connectivity index (χ0n) is 12.0. The van der Waals surface area contributed by atoms with Crippen molar-refractivity contribution in [3.63, 3.8) is 0 Å². The molecular weight excluding hydrogens is 226 g/mol. The van der Waals surface area contributed by atoms with Crippen molar-refractivity contribution in [2.75, 3.05) is 39.8 Å². The van der Waals surface area contributed by atoms with Gasteiger partial charge in [-0.15, -0.1) is 0 Å². The number of rotatable bonds is 4. The summed E-state index contributed by atoms with van der Waals surface area (Å²) in [6.45, 7) is 7.21. The van der Waals surface area contributed by atoms with Gasteiger partial charge in [0.05, 0.1) is 12.7 Å². The molecule has 0 aromatic carbocycles. The Labute approximate surface area is 111 Å². The predicted octanol–water partition coefficient (Wildman–Crippen LogP) is 0.909. The Morgan fingerprint density at radius 2 is 2.17 bits per heavy atom. The molecule has 0 radical (unpaired) electrons. The van der Waals surface area contributed by atoms with Gasteiger partial charge in [-0.05, 0) is 39.8 Å². The first-order valence-electron chi connectivity index (χ1n) is 7.46. The molecule has 3 unspecified atom stereocenters. The third-order valence-corrected chi connectivity index (χ3v) is 4.57. The van der Waals surface area contributed by atoms with Crippen molar-refractivity contribution in [2.45, 2.75) is 50.8 Å². The summed E-state index contributed by atoms with van der Waals surface area (Å²) in [5, 5.41) is 0. The lowest BCUT2D eigenvalue weighted by Crippen LogP contribution is -2.51. The van der Waals surface area contributed by atoms with Gasteiger partial charge in [0.15, 0.2) is 0 Å². The molecular formula is C14H29N3O. The van der Waals surface area contributed by atoms with Crippen LogP contribution in [0, 0.1) is 0 Å². The third kappa shape index (κ3) is 3.67. The average Bonchev–Trinajstić information content (AvgIpc) is 2.39. The largest absolute Gasteiger partial charge is 0.374 e. The highest BCUT2D eigenvalue weighted by Gasteiger charge is 2.26. The van der Waals surface area contributed by atoms with Crippen LogP contribution >= 0.6 is 0 Å². The molecule has 2 N–H and O–H groups in total. The average molecular weight is 255 g/mol. The van der Waals surface area contributed by atoms with Crippen molar-refractivity contribution in [3.05, 3.63) is 0 Å². The Morgan fingerprint density at radius 3 is 2.89 bits per heavy atom. The van der Waals surface area contributed by atoms with Gasteiger partial charge in [-0.25, -0.2) is 0 Å². The van der Waals surface area contributed by atoms with E-state index < -0.39 is 0 Å². The minimum atomic E-state index is 0.241. The summed E-state index contributed by atoms with van der Waals surface area (Å²) in [4.78, 5) is 5.10. The summed E-state index contributed by atoms with van der Waals surface area (Å²) in [5.41, 5.74) is 5.71. The monoisotopic (exact) mass is 255 g/mol. The number of hydrogen-bond donors (Lipinski definition) is 1. The van der Waals surface area contributed by atoms with E-state index in [9.17, 15) is 0 Å². The second-order valence-electron chi connectivity index (χ2n) is 5.95. The van der Waals surface area contributed by atoms with Crippen molar-refractivity contribution in [1.29, 1.82) is 0 Å². The molecule has 106 valence electrons. The van der Waals surface area contributed by atoms with E-state index in [-0.39, 0.29) is 6.10 Å².